The van der Waals surface area contributed by atoms with Gasteiger partial charge in [0.1, 0.15) is 0 Å². The Morgan fingerprint density at radius 2 is 1.35 bits per heavy atom. The molecule has 0 spiro atoms. The van der Waals surface area contributed by atoms with Crippen LogP contribution in [-0.2, 0) is 21.7 Å². The smallest absolute Gasteiger partial charge is 0.0425 e. The van der Waals surface area contributed by atoms with Crippen molar-refractivity contribution in [2.45, 2.75) is 79.6 Å². The maximum absolute atomic E-state index is 5.33. The Hall–Kier alpha value is -0.0957. The second kappa shape index (κ2) is 19.7. The van der Waals surface area contributed by atoms with Crippen molar-refractivity contribution in [3.63, 3.8) is 0 Å². The molecular formula is C23H42NPTi. The molecule has 0 unspecified atom stereocenters. The monoisotopic (exact) mass is 411 g/mol. The third-order valence-electron chi connectivity index (χ3n) is 4.37. The van der Waals surface area contributed by atoms with Gasteiger partial charge in [-0.05, 0) is 64.7 Å². The van der Waals surface area contributed by atoms with Crippen LogP contribution >= 0.6 is 7.05 Å². The predicted octanol–water partition coefficient (Wildman–Crippen LogP) is 8.57. The van der Waals surface area contributed by atoms with Crippen LogP contribution in [0.3, 0.4) is 0 Å². The van der Waals surface area contributed by atoms with E-state index in [1.807, 2.05) is 38.2 Å². The molecule has 3 heteroatoms. The number of allylic oxidation sites excluding steroid dienone is 7. The van der Waals surface area contributed by atoms with Gasteiger partial charge in [-0.25, -0.2) is 0 Å². The molecular weight excluding hydrogens is 369 g/mol. The molecule has 0 aromatic rings. The van der Waals surface area contributed by atoms with E-state index in [1.54, 1.807) is 0 Å². The summed E-state index contributed by atoms with van der Waals surface area (Å²) in [6, 6.07) is 0. The first-order valence-electron chi connectivity index (χ1n) is 10.4. The summed E-state index contributed by atoms with van der Waals surface area (Å²) in [5.41, 5.74) is 1.36. The zero-order valence-electron chi connectivity index (χ0n) is 18.0. The van der Waals surface area contributed by atoms with Crippen LogP contribution in [0, 0.1) is 0 Å². The molecule has 0 atom stereocenters. The predicted molar refractivity (Wildman–Crippen MR) is 120 cm³/mol. The van der Waals surface area contributed by atoms with Gasteiger partial charge in [0.05, 0.1) is 0 Å². The molecule has 0 N–H and O–H groups in total. The minimum atomic E-state index is -1.08. The van der Waals surface area contributed by atoms with Gasteiger partial charge in [-0.2, -0.15) is 0 Å². The average molecular weight is 411 g/mol. The van der Waals surface area contributed by atoms with E-state index in [0.717, 1.165) is 6.42 Å². The van der Waals surface area contributed by atoms with Gasteiger partial charge in [0.2, 0.25) is 0 Å². The van der Waals surface area contributed by atoms with Crippen molar-refractivity contribution in [1.82, 2.24) is 0 Å². The standard InChI is InChI=1S/C17H32NP.C6H10.Ti/c1-4-7-14-19(15-8-5-2,16-9-6-3)18-17-12-10-11-13-17;1-3-5-6-4-2;/h10-12H,4-9,13-16H2,1-3H3;3-6H,1-2H3;. The maximum atomic E-state index is 5.33. The molecule has 1 aliphatic carbocycles. The van der Waals surface area contributed by atoms with Gasteiger partial charge in [-0.3, -0.25) is 4.74 Å². The van der Waals surface area contributed by atoms with E-state index < -0.39 is 7.05 Å². The molecule has 0 saturated heterocycles. The summed E-state index contributed by atoms with van der Waals surface area (Å²) in [7, 11) is -1.08. The molecule has 0 saturated carbocycles. The molecule has 1 rings (SSSR count). The summed E-state index contributed by atoms with van der Waals surface area (Å²) < 4.78 is 5.33. The van der Waals surface area contributed by atoms with Gasteiger partial charge in [-0.15, -0.1) is 0 Å². The van der Waals surface area contributed by atoms with Gasteiger partial charge in [0, 0.05) is 33.8 Å². The molecule has 0 radical (unpaired) electrons. The van der Waals surface area contributed by atoms with Gasteiger partial charge in [0.15, 0.2) is 0 Å². The average Bonchev–Trinajstić information content (AvgIpc) is 3.14. The molecule has 1 nitrogen and oxygen atoms in total. The number of rotatable bonds is 11. The maximum Gasteiger partial charge on any atom is 0.0425 e. The van der Waals surface area contributed by atoms with Gasteiger partial charge < -0.3 is 0 Å². The Balaban J connectivity index is 0. The third-order valence-corrected chi connectivity index (χ3v) is 8.50. The van der Waals surface area contributed by atoms with Crippen molar-refractivity contribution in [2.75, 3.05) is 18.5 Å². The summed E-state index contributed by atoms with van der Waals surface area (Å²) in [5, 5.41) is 0. The molecule has 1 aliphatic rings. The van der Waals surface area contributed by atoms with Crippen LogP contribution in [0.5, 0.6) is 0 Å². The second-order valence-electron chi connectivity index (χ2n) is 6.77. The van der Waals surface area contributed by atoms with Crippen molar-refractivity contribution in [3.05, 3.63) is 48.2 Å². The number of hydrogen-bond donors (Lipinski definition) is 0. The van der Waals surface area contributed by atoms with E-state index in [0.29, 0.717) is 0 Å². The molecule has 0 aromatic heterocycles. The fraction of sp³-hybridized carbons (Fsp3) is 0.652. The molecule has 26 heavy (non-hydrogen) atoms. The summed E-state index contributed by atoms with van der Waals surface area (Å²) >= 11 is 0. The second-order valence-corrected chi connectivity index (χ2v) is 10.5. The molecule has 0 fully saturated rings. The Kier molecular flexibility index (Phi) is 21.3. The van der Waals surface area contributed by atoms with Crippen molar-refractivity contribution >= 4 is 7.05 Å². The van der Waals surface area contributed by atoms with E-state index in [2.05, 4.69) is 39.0 Å². The number of nitrogens with zero attached hydrogens (tertiary/aromatic N) is 1. The van der Waals surface area contributed by atoms with Crippen LogP contribution in [0.4, 0.5) is 0 Å². The fourth-order valence-corrected chi connectivity index (χ4v) is 7.23. The van der Waals surface area contributed by atoms with Gasteiger partial charge >= 0.3 is 0 Å². The minimum absolute atomic E-state index is 0. The third kappa shape index (κ3) is 14.0. The summed E-state index contributed by atoms with van der Waals surface area (Å²) in [6.07, 6.45) is 27.9. The van der Waals surface area contributed by atoms with Crippen molar-refractivity contribution in [3.8, 4) is 0 Å². The summed E-state index contributed by atoms with van der Waals surface area (Å²) in [4.78, 5) is 0. The Morgan fingerprint density at radius 1 is 0.885 bits per heavy atom. The van der Waals surface area contributed by atoms with Crippen LogP contribution in [-0.4, -0.2) is 18.5 Å². The van der Waals surface area contributed by atoms with Crippen LogP contribution in [0.25, 0.3) is 0 Å². The van der Waals surface area contributed by atoms with Gasteiger partial charge in [0.25, 0.3) is 0 Å². The van der Waals surface area contributed by atoms with Crippen molar-refractivity contribution in [1.29, 1.82) is 0 Å². The Morgan fingerprint density at radius 3 is 1.65 bits per heavy atom. The number of unbranched alkanes of at least 4 members (excludes halogenated alkanes) is 3. The van der Waals surface area contributed by atoms with E-state index in [4.69, 9.17) is 4.74 Å². The first-order chi connectivity index (χ1) is 12.2. The first kappa shape index (κ1) is 28.1. The minimum Gasteiger partial charge on any atom is -0.272 e. The first-order valence-corrected chi connectivity index (χ1v) is 12.7. The van der Waals surface area contributed by atoms with E-state index >= 15 is 0 Å². The largest absolute Gasteiger partial charge is 0.272 e. The Bertz CT molecular complexity index is 448. The zero-order valence-corrected chi connectivity index (χ0v) is 20.5. The van der Waals surface area contributed by atoms with Crippen LogP contribution in [0.15, 0.2) is 53.0 Å². The van der Waals surface area contributed by atoms with E-state index in [9.17, 15) is 0 Å². The molecule has 0 bridgehead atoms. The zero-order chi connectivity index (χ0) is 18.8. The SMILES string of the molecule is CC=CC=CC.CCCCP(CCCC)(CCCC)=NC1=CC=CC1.[Ti]. The van der Waals surface area contributed by atoms with Crippen molar-refractivity contribution in [2.24, 2.45) is 4.74 Å². The quantitative estimate of drug-likeness (QED) is 0.183. The van der Waals surface area contributed by atoms with Crippen LogP contribution in [0.2, 0.25) is 0 Å². The molecule has 0 amide bonds. The molecule has 148 valence electrons. The fourth-order valence-electron chi connectivity index (χ4n) is 2.85. The normalized spacial score (nSPS) is 13.5. The van der Waals surface area contributed by atoms with Crippen LogP contribution < -0.4 is 0 Å². The van der Waals surface area contributed by atoms with Crippen LogP contribution in [0.1, 0.15) is 79.6 Å². The topological polar surface area (TPSA) is 12.4 Å². The summed E-state index contributed by atoms with van der Waals surface area (Å²) in [6.45, 7) is 10.9. The van der Waals surface area contributed by atoms with E-state index in [1.165, 1.54) is 62.7 Å². The van der Waals surface area contributed by atoms with E-state index in [-0.39, 0.29) is 21.7 Å². The molecule has 0 aliphatic heterocycles. The van der Waals surface area contributed by atoms with Crippen molar-refractivity contribution < 1.29 is 21.7 Å². The number of hydrogen-bond acceptors (Lipinski definition) is 1. The molecule has 0 aromatic carbocycles. The summed E-state index contributed by atoms with van der Waals surface area (Å²) in [5.74, 6) is 0. The molecule has 0 heterocycles. The van der Waals surface area contributed by atoms with Gasteiger partial charge in [-0.1, -0.05) is 76.5 Å². The Labute approximate surface area is 179 Å².